The van der Waals surface area contributed by atoms with E-state index in [0.29, 0.717) is 5.92 Å². The largest absolute Gasteiger partial charge is 0.342 e. The van der Waals surface area contributed by atoms with Gasteiger partial charge in [0, 0.05) is 5.92 Å². The standard InChI is InChI=1S/C16H19N3/c1-2-11(10-17)13-7-8-14-15(9-13)19-16(18-14)12-5-3-4-6-12/h7-9,11-12H,2-6H2,1H3,(H,18,19). The number of aromatic amines is 1. The van der Waals surface area contributed by atoms with Gasteiger partial charge in [0.15, 0.2) is 0 Å². The Bertz CT molecular complexity index is 614. The number of hydrogen-bond acceptors (Lipinski definition) is 2. The van der Waals surface area contributed by atoms with Gasteiger partial charge in [-0.1, -0.05) is 25.8 Å². The van der Waals surface area contributed by atoms with Gasteiger partial charge >= 0.3 is 0 Å². The molecule has 1 saturated carbocycles. The number of hydrogen-bond donors (Lipinski definition) is 1. The first kappa shape index (κ1) is 12.2. The highest BCUT2D eigenvalue weighted by Gasteiger charge is 2.20. The van der Waals surface area contributed by atoms with Crippen LogP contribution < -0.4 is 0 Å². The van der Waals surface area contributed by atoms with Gasteiger partial charge in [-0.15, -0.1) is 0 Å². The summed E-state index contributed by atoms with van der Waals surface area (Å²) in [7, 11) is 0. The molecular formula is C16H19N3. The summed E-state index contributed by atoms with van der Waals surface area (Å²) in [5.74, 6) is 1.73. The molecule has 3 nitrogen and oxygen atoms in total. The Morgan fingerprint density at radius 2 is 2.21 bits per heavy atom. The molecule has 1 aromatic heterocycles. The molecule has 0 amide bonds. The molecule has 1 aromatic carbocycles. The molecule has 1 aliphatic rings. The van der Waals surface area contributed by atoms with Crippen molar-refractivity contribution in [1.29, 1.82) is 5.26 Å². The highest BCUT2D eigenvalue weighted by molar-refractivity contribution is 5.76. The number of aromatic nitrogens is 2. The van der Waals surface area contributed by atoms with Gasteiger partial charge in [-0.05, 0) is 37.0 Å². The molecule has 1 N–H and O–H groups in total. The van der Waals surface area contributed by atoms with E-state index in [-0.39, 0.29) is 5.92 Å². The topological polar surface area (TPSA) is 52.5 Å². The van der Waals surface area contributed by atoms with Crippen molar-refractivity contribution in [2.45, 2.75) is 50.9 Å². The Kier molecular flexibility index (Phi) is 3.25. The molecule has 19 heavy (non-hydrogen) atoms. The zero-order valence-electron chi connectivity index (χ0n) is 11.3. The quantitative estimate of drug-likeness (QED) is 0.889. The van der Waals surface area contributed by atoms with Crippen molar-refractivity contribution >= 4 is 11.0 Å². The van der Waals surface area contributed by atoms with Crippen LogP contribution in [0.1, 0.15) is 62.3 Å². The predicted octanol–water partition coefficient (Wildman–Crippen LogP) is 4.24. The molecule has 0 spiro atoms. The van der Waals surface area contributed by atoms with Gasteiger partial charge in [-0.3, -0.25) is 0 Å². The van der Waals surface area contributed by atoms with Crippen LogP contribution in [-0.2, 0) is 0 Å². The van der Waals surface area contributed by atoms with Crippen LogP contribution >= 0.6 is 0 Å². The van der Waals surface area contributed by atoms with Crippen LogP contribution in [0.3, 0.4) is 0 Å². The van der Waals surface area contributed by atoms with E-state index in [2.05, 4.69) is 24.0 Å². The van der Waals surface area contributed by atoms with E-state index in [9.17, 15) is 0 Å². The minimum Gasteiger partial charge on any atom is -0.342 e. The highest BCUT2D eigenvalue weighted by atomic mass is 14.9. The zero-order chi connectivity index (χ0) is 13.2. The Morgan fingerprint density at radius 1 is 1.42 bits per heavy atom. The summed E-state index contributed by atoms with van der Waals surface area (Å²) in [6.45, 7) is 2.05. The van der Waals surface area contributed by atoms with Gasteiger partial charge < -0.3 is 4.98 Å². The van der Waals surface area contributed by atoms with Gasteiger partial charge in [-0.2, -0.15) is 5.26 Å². The smallest absolute Gasteiger partial charge is 0.110 e. The number of fused-ring (bicyclic) bond motifs is 1. The Hall–Kier alpha value is -1.82. The van der Waals surface area contributed by atoms with Crippen LogP contribution in [-0.4, -0.2) is 9.97 Å². The summed E-state index contributed by atoms with van der Waals surface area (Å²) >= 11 is 0. The molecule has 1 unspecified atom stereocenters. The molecule has 3 rings (SSSR count). The minimum absolute atomic E-state index is 0.0115. The molecule has 0 saturated heterocycles. The molecule has 1 heterocycles. The average Bonchev–Trinajstić information content (AvgIpc) is 3.08. The van der Waals surface area contributed by atoms with Crippen molar-refractivity contribution in [3.05, 3.63) is 29.6 Å². The van der Waals surface area contributed by atoms with E-state index in [0.717, 1.165) is 28.8 Å². The fraction of sp³-hybridized carbons (Fsp3) is 0.500. The lowest BCUT2D eigenvalue weighted by molar-refractivity contribution is 0.681. The summed E-state index contributed by atoms with van der Waals surface area (Å²) < 4.78 is 0. The molecule has 98 valence electrons. The second kappa shape index (κ2) is 5.05. The van der Waals surface area contributed by atoms with Gasteiger partial charge in [0.05, 0.1) is 23.0 Å². The normalized spacial score (nSPS) is 17.7. The SMILES string of the molecule is CCC(C#N)c1ccc2nc(C3CCCC3)[nH]c2c1. The van der Waals surface area contributed by atoms with Crippen molar-refractivity contribution in [1.82, 2.24) is 9.97 Å². The summed E-state index contributed by atoms with van der Waals surface area (Å²) in [5, 5.41) is 9.15. The first-order chi connectivity index (χ1) is 9.31. The lowest BCUT2D eigenvalue weighted by Gasteiger charge is -2.05. The average molecular weight is 253 g/mol. The van der Waals surface area contributed by atoms with Crippen LogP contribution in [0, 0.1) is 11.3 Å². The molecule has 0 bridgehead atoms. The molecule has 1 aliphatic carbocycles. The second-order valence-electron chi connectivity index (χ2n) is 5.47. The summed E-state index contributed by atoms with van der Waals surface area (Å²) in [5.41, 5.74) is 3.20. The number of nitriles is 1. The van der Waals surface area contributed by atoms with Crippen LogP contribution in [0.5, 0.6) is 0 Å². The summed E-state index contributed by atoms with van der Waals surface area (Å²) in [6, 6.07) is 8.54. The number of benzene rings is 1. The van der Waals surface area contributed by atoms with Crippen molar-refractivity contribution in [2.24, 2.45) is 0 Å². The van der Waals surface area contributed by atoms with Gasteiger partial charge in [0.25, 0.3) is 0 Å². The molecule has 0 radical (unpaired) electrons. The zero-order valence-corrected chi connectivity index (χ0v) is 11.3. The molecule has 2 aromatic rings. The molecule has 1 fully saturated rings. The Balaban J connectivity index is 1.97. The first-order valence-electron chi connectivity index (χ1n) is 7.21. The van der Waals surface area contributed by atoms with E-state index in [4.69, 9.17) is 10.2 Å². The maximum Gasteiger partial charge on any atom is 0.110 e. The molecule has 0 aliphatic heterocycles. The fourth-order valence-electron chi connectivity index (χ4n) is 3.06. The van der Waals surface area contributed by atoms with Gasteiger partial charge in [0.1, 0.15) is 5.82 Å². The summed E-state index contributed by atoms with van der Waals surface area (Å²) in [4.78, 5) is 8.17. The monoisotopic (exact) mass is 253 g/mol. The van der Waals surface area contributed by atoms with E-state index in [1.807, 2.05) is 12.1 Å². The van der Waals surface area contributed by atoms with Crippen LogP contribution in [0.4, 0.5) is 0 Å². The van der Waals surface area contributed by atoms with E-state index in [1.54, 1.807) is 0 Å². The molecule has 1 atom stereocenters. The number of imidazole rings is 1. The Labute approximate surface area is 113 Å². The predicted molar refractivity (Wildman–Crippen MR) is 75.9 cm³/mol. The van der Waals surface area contributed by atoms with E-state index < -0.39 is 0 Å². The molecule has 3 heteroatoms. The summed E-state index contributed by atoms with van der Waals surface area (Å²) in [6.07, 6.45) is 6.00. The van der Waals surface area contributed by atoms with Crippen LogP contribution in [0.25, 0.3) is 11.0 Å². The third kappa shape index (κ3) is 2.23. The van der Waals surface area contributed by atoms with E-state index >= 15 is 0 Å². The number of nitrogens with one attached hydrogen (secondary N) is 1. The van der Waals surface area contributed by atoms with Crippen molar-refractivity contribution in [3.63, 3.8) is 0 Å². The Morgan fingerprint density at radius 3 is 2.89 bits per heavy atom. The maximum absolute atomic E-state index is 9.15. The third-order valence-corrected chi connectivity index (χ3v) is 4.23. The lowest BCUT2D eigenvalue weighted by Crippen LogP contribution is -1.94. The van der Waals surface area contributed by atoms with Crippen LogP contribution in [0.2, 0.25) is 0 Å². The van der Waals surface area contributed by atoms with Crippen molar-refractivity contribution in [2.75, 3.05) is 0 Å². The number of nitrogens with zero attached hydrogens (tertiary/aromatic N) is 2. The van der Waals surface area contributed by atoms with Crippen molar-refractivity contribution in [3.8, 4) is 6.07 Å². The van der Waals surface area contributed by atoms with Gasteiger partial charge in [-0.25, -0.2) is 4.98 Å². The maximum atomic E-state index is 9.15. The van der Waals surface area contributed by atoms with E-state index in [1.165, 1.54) is 25.7 Å². The third-order valence-electron chi connectivity index (χ3n) is 4.23. The van der Waals surface area contributed by atoms with Gasteiger partial charge in [0.2, 0.25) is 0 Å². The van der Waals surface area contributed by atoms with Crippen LogP contribution in [0.15, 0.2) is 18.2 Å². The van der Waals surface area contributed by atoms with Crippen molar-refractivity contribution < 1.29 is 0 Å². The fourth-order valence-corrected chi connectivity index (χ4v) is 3.06. The molecular weight excluding hydrogens is 234 g/mol. The second-order valence-corrected chi connectivity index (χ2v) is 5.47. The number of H-pyrrole nitrogens is 1. The number of rotatable bonds is 3. The lowest BCUT2D eigenvalue weighted by atomic mass is 9.98. The highest BCUT2D eigenvalue weighted by Crippen LogP contribution is 2.33. The minimum atomic E-state index is -0.0115. The first-order valence-corrected chi connectivity index (χ1v) is 7.21.